The number of esters is 1. The quantitative estimate of drug-likeness (QED) is 0.871. The first-order chi connectivity index (χ1) is 9.70. The number of aliphatic hydroxyl groups excluding tert-OH is 1. The number of aliphatic hydroxyl groups is 1. The van der Waals surface area contributed by atoms with E-state index in [9.17, 15) is 9.90 Å². The van der Waals surface area contributed by atoms with E-state index in [4.69, 9.17) is 9.47 Å². The number of hydrogen-bond donors (Lipinski definition) is 1. The second-order valence-corrected chi connectivity index (χ2v) is 4.63. The van der Waals surface area contributed by atoms with E-state index in [1.807, 2.05) is 6.07 Å². The van der Waals surface area contributed by atoms with Crippen LogP contribution in [-0.2, 0) is 4.74 Å². The lowest BCUT2D eigenvalue weighted by Crippen LogP contribution is -2.10. The van der Waals surface area contributed by atoms with Gasteiger partial charge in [0.25, 0.3) is 0 Å². The van der Waals surface area contributed by atoms with Crippen molar-refractivity contribution in [1.82, 2.24) is 0 Å². The highest BCUT2D eigenvalue weighted by molar-refractivity contribution is 5.94. The average Bonchev–Trinajstić information content (AvgIpc) is 2.84. The standard InChI is InChI=1S/C16H14O4/c1-19-11-8-6-10(7-9-11)14(17)15-12-4-2-3-5-13(12)16(18)20-15/h2-9,14-15,17H,1H3/t14-,15-/m0/s1. The van der Waals surface area contributed by atoms with Crippen molar-refractivity contribution in [2.75, 3.05) is 7.11 Å². The van der Waals surface area contributed by atoms with E-state index in [1.165, 1.54) is 0 Å². The number of carbonyl (C=O) groups excluding carboxylic acids is 1. The fourth-order valence-corrected chi connectivity index (χ4v) is 2.38. The van der Waals surface area contributed by atoms with Gasteiger partial charge in [-0.05, 0) is 23.8 Å². The van der Waals surface area contributed by atoms with Gasteiger partial charge in [0.2, 0.25) is 0 Å². The van der Waals surface area contributed by atoms with Crippen LogP contribution in [0.15, 0.2) is 48.5 Å². The molecule has 0 radical (unpaired) electrons. The van der Waals surface area contributed by atoms with Crippen LogP contribution in [0.4, 0.5) is 0 Å². The van der Waals surface area contributed by atoms with Gasteiger partial charge in [0.15, 0.2) is 6.10 Å². The molecule has 4 heteroatoms. The molecule has 1 aliphatic heterocycles. The maximum atomic E-state index is 11.8. The Morgan fingerprint density at radius 1 is 1.15 bits per heavy atom. The van der Waals surface area contributed by atoms with Crippen molar-refractivity contribution in [2.24, 2.45) is 0 Å². The zero-order valence-electron chi connectivity index (χ0n) is 10.9. The van der Waals surface area contributed by atoms with Gasteiger partial charge in [-0.2, -0.15) is 0 Å². The molecule has 0 saturated heterocycles. The minimum atomic E-state index is -0.895. The van der Waals surface area contributed by atoms with Crippen LogP contribution < -0.4 is 4.74 Å². The summed E-state index contributed by atoms with van der Waals surface area (Å²) in [5, 5.41) is 10.4. The number of hydrogen-bond acceptors (Lipinski definition) is 4. The fourth-order valence-electron chi connectivity index (χ4n) is 2.38. The monoisotopic (exact) mass is 270 g/mol. The molecule has 2 atom stereocenters. The highest BCUT2D eigenvalue weighted by Crippen LogP contribution is 2.39. The maximum absolute atomic E-state index is 11.8. The molecule has 0 bridgehead atoms. The van der Waals surface area contributed by atoms with Crippen molar-refractivity contribution in [1.29, 1.82) is 0 Å². The number of rotatable bonds is 3. The van der Waals surface area contributed by atoms with E-state index in [2.05, 4.69) is 0 Å². The van der Waals surface area contributed by atoms with E-state index in [-0.39, 0.29) is 0 Å². The van der Waals surface area contributed by atoms with Gasteiger partial charge < -0.3 is 14.6 Å². The lowest BCUT2D eigenvalue weighted by Gasteiger charge is -2.18. The van der Waals surface area contributed by atoms with Crippen LogP contribution in [-0.4, -0.2) is 18.2 Å². The molecule has 2 aromatic rings. The molecular weight excluding hydrogens is 256 g/mol. The Hall–Kier alpha value is -2.33. The van der Waals surface area contributed by atoms with Crippen molar-refractivity contribution >= 4 is 5.97 Å². The molecule has 0 aliphatic carbocycles. The van der Waals surface area contributed by atoms with Gasteiger partial charge in [0.1, 0.15) is 11.9 Å². The number of fused-ring (bicyclic) bond motifs is 1. The van der Waals surface area contributed by atoms with E-state index in [1.54, 1.807) is 49.6 Å². The number of carbonyl (C=O) groups is 1. The Morgan fingerprint density at radius 3 is 2.55 bits per heavy atom. The summed E-state index contributed by atoms with van der Waals surface area (Å²) in [6.07, 6.45) is -1.55. The SMILES string of the molecule is COc1ccc([C@H](O)[C@H]2OC(=O)c3ccccc32)cc1. The molecule has 1 N–H and O–H groups in total. The third-order valence-electron chi connectivity index (χ3n) is 3.47. The smallest absolute Gasteiger partial charge is 0.339 e. The third kappa shape index (κ3) is 2.04. The van der Waals surface area contributed by atoms with E-state index in [0.717, 1.165) is 5.56 Å². The number of ether oxygens (including phenoxy) is 2. The molecule has 2 aromatic carbocycles. The Bertz CT molecular complexity index is 633. The topological polar surface area (TPSA) is 55.8 Å². The third-order valence-corrected chi connectivity index (χ3v) is 3.47. The zero-order valence-corrected chi connectivity index (χ0v) is 10.9. The lowest BCUT2D eigenvalue weighted by atomic mass is 9.97. The van der Waals surface area contributed by atoms with Gasteiger partial charge >= 0.3 is 5.97 Å². The number of methoxy groups -OCH3 is 1. The largest absolute Gasteiger partial charge is 0.497 e. The molecule has 0 aromatic heterocycles. The van der Waals surface area contributed by atoms with Crippen molar-refractivity contribution in [3.8, 4) is 5.75 Å². The lowest BCUT2D eigenvalue weighted by molar-refractivity contribution is -0.0102. The second-order valence-electron chi connectivity index (χ2n) is 4.63. The maximum Gasteiger partial charge on any atom is 0.339 e. The van der Waals surface area contributed by atoms with Crippen molar-refractivity contribution in [3.05, 3.63) is 65.2 Å². The van der Waals surface area contributed by atoms with Crippen LogP contribution >= 0.6 is 0 Å². The summed E-state index contributed by atoms with van der Waals surface area (Å²) >= 11 is 0. The highest BCUT2D eigenvalue weighted by Gasteiger charge is 2.36. The summed E-state index contributed by atoms with van der Waals surface area (Å²) in [6.45, 7) is 0. The molecule has 3 rings (SSSR count). The molecule has 0 spiro atoms. The Balaban J connectivity index is 1.91. The van der Waals surface area contributed by atoms with Gasteiger partial charge in [0.05, 0.1) is 12.7 Å². The molecule has 102 valence electrons. The Labute approximate surface area is 116 Å². The molecule has 0 unspecified atom stereocenters. The predicted molar refractivity (Wildman–Crippen MR) is 72.6 cm³/mol. The first-order valence-corrected chi connectivity index (χ1v) is 6.32. The first kappa shape index (κ1) is 12.7. The molecular formula is C16H14O4. The molecule has 0 amide bonds. The summed E-state index contributed by atoms with van der Waals surface area (Å²) in [4.78, 5) is 11.8. The molecule has 0 fully saturated rings. The average molecular weight is 270 g/mol. The van der Waals surface area contributed by atoms with Gasteiger partial charge in [-0.25, -0.2) is 4.79 Å². The van der Waals surface area contributed by atoms with Crippen molar-refractivity contribution < 1.29 is 19.4 Å². The number of cyclic esters (lactones) is 1. The highest BCUT2D eigenvalue weighted by atomic mass is 16.6. The summed E-state index contributed by atoms with van der Waals surface area (Å²) in [5.74, 6) is 0.322. The summed E-state index contributed by atoms with van der Waals surface area (Å²) in [6, 6.07) is 14.2. The fraction of sp³-hybridized carbons (Fsp3) is 0.188. The summed E-state index contributed by atoms with van der Waals surface area (Å²) in [5.41, 5.74) is 1.92. The van der Waals surface area contributed by atoms with Crippen LogP contribution in [0, 0.1) is 0 Å². The normalized spacial score (nSPS) is 18.3. The summed E-state index contributed by atoms with van der Waals surface area (Å²) < 4.78 is 10.4. The molecule has 20 heavy (non-hydrogen) atoms. The molecule has 1 heterocycles. The van der Waals surface area contributed by atoms with Crippen molar-refractivity contribution in [3.63, 3.8) is 0 Å². The van der Waals surface area contributed by atoms with Gasteiger partial charge in [0, 0.05) is 5.56 Å². The first-order valence-electron chi connectivity index (χ1n) is 6.32. The Morgan fingerprint density at radius 2 is 1.85 bits per heavy atom. The van der Waals surface area contributed by atoms with Crippen molar-refractivity contribution in [2.45, 2.75) is 12.2 Å². The van der Waals surface area contributed by atoms with E-state index >= 15 is 0 Å². The Kier molecular flexibility index (Phi) is 3.16. The van der Waals surface area contributed by atoms with Crippen LogP contribution in [0.25, 0.3) is 0 Å². The minimum absolute atomic E-state index is 0.391. The second kappa shape index (κ2) is 4.98. The molecule has 1 aliphatic rings. The molecule has 0 saturated carbocycles. The van der Waals surface area contributed by atoms with Gasteiger partial charge in [-0.1, -0.05) is 30.3 Å². The zero-order chi connectivity index (χ0) is 14.1. The van der Waals surface area contributed by atoms with Crippen LogP contribution in [0.1, 0.15) is 33.7 Å². The number of benzene rings is 2. The van der Waals surface area contributed by atoms with Crippen LogP contribution in [0.5, 0.6) is 5.75 Å². The van der Waals surface area contributed by atoms with Gasteiger partial charge in [-0.3, -0.25) is 0 Å². The van der Waals surface area contributed by atoms with E-state index < -0.39 is 18.2 Å². The predicted octanol–water partition coefficient (Wildman–Crippen LogP) is 2.64. The van der Waals surface area contributed by atoms with Gasteiger partial charge in [-0.15, -0.1) is 0 Å². The minimum Gasteiger partial charge on any atom is -0.497 e. The van der Waals surface area contributed by atoms with E-state index in [0.29, 0.717) is 16.9 Å². The van der Waals surface area contributed by atoms with Crippen LogP contribution in [0.3, 0.4) is 0 Å². The van der Waals surface area contributed by atoms with Crippen LogP contribution in [0.2, 0.25) is 0 Å². The summed E-state index contributed by atoms with van der Waals surface area (Å²) in [7, 11) is 1.58. The molecule has 4 nitrogen and oxygen atoms in total.